The lowest BCUT2D eigenvalue weighted by Gasteiger charge is -2.05. The van der Waals surface area contributed by atoms with Crippen molar-refractivity contribution < 1.29 is 13.2 Å². The lowest BCUT2D eigenvalue weighted by Crippen LogP contribution is -2.04. The number of halogens is 4. The number of hydrogen-bond acceptors (Lipinski definition) is 2. The molecule has 0 aromatic heterocycles. The highest BCUT2D eigenvalue weighted by molar-refractivity contribution is 6.30. The van der Waals surface area contributed by atoms with Gasteiger partial charge in [0.25, 0.3) is 0 Å². The van der Waals surface area contributed by atoms with Crippen molar-refractivity contribution in [1.82, 2.24) is 0 Å². The molecule has 1 N–H and O–H groups in total. The molecule has 0 saturated heterocycles. The summed E-state index contributed by atoms with van der Waals surface area (Å²) in [7, 11) is 0. The Morgan fingerprint density at radius 3 is 2.35 bits per heavy atom. The number of hydrazone groups is 1. The standard InChI is InChI=1S/C14H10ClF3N2/c15-12-2-1-3-13(8-12)20-19-9-10-4-6-11(7-5-10)14(16,17)18/h1-9,20H/b19-9-. The van der Waals surface area contributed by atoms with Crippen molar-refractivity contribution in [1.29, 1.82) is 0 Å². The van der Waals surface area contributed by atoms with Crippen molar-refractivity contribution in [3.05, 3.63) is 64.7 Å². The number of alkyl halides is 3. The molecule has 0 spiro atoms. The third-order valence-electron chi connectivity index (χ3n) is 2.47. The van der Waals surface area contributed by atoms with Crippen LogP contribution in [-0.2, 0) is 6.18 Å². The molecular weight excluding hydrogens is 289 g/mol. The second-order valence-electron chi connectivity index (χ2n) is 4.00. The van der Waals surface area contributed by atoms with Gasteiger partial charge in [-0.1, -0.05) is 29.8 Å². The minimum Gasteiger partial charge on any atom is -0.278 e. The van der Waals surface area contributed by atoms with Crippen LogP contribution in [0.25, 0.3) is 0 Å². The smallest absolute Gasteiger partial charge is 0.278 e. The van der Waals surface area contributed by atoms with E-state index < -0.39 is 11.7 Å². The molecule has 0 saturated carbocycles. The van der Waals surface area contributed by atoms with E-state index >= 15 is 0 Å². The predicted octanol–water partition coefficient (Wildman–Crippen LogP) is 4.80. The van der Waals surface area contributed by atoms with Crippen LogP contribution in [0.2, 0.25) is 5.02 Å². The first-order valence-corrected chi connectivity index (χ1v) is 6.05. The van der Waals surface area contributed by atoms with Gasteiger partial charge in [0.05, 0.1) is 17.5 Å². The predicted molar refractivity (Wildman–Crippen MR) is 74.1 cm³/mol. The van der Waals surface area contributed by atoms with Crippen molar-refractivity contribution in [3.63, 3.8) is 0 Å². The number of rotatable bonds is 3. The maximum Gasteiger partial charge on any atom is 0.416 e. The van der Waals surface area contributed by atoms with Gasteiger partial charge in [0.1, 0.15) is 0 Å². The molecule has 104 valence electrons. The van der Waals surface area contributed by atoms with Gasteiger partial charge in [0.2, 0.25) is 0 Å². The molecule has 0 atom stereocenters. The first kappa shape index (κ1) is 14.4. The van der Waals surface area contributed by atoms with Crippen LogP contribution in [0.1, 0.15) is 11.1 Å². The van der Waals surface area contributed by atoms with Gasteiger partial charge < -0.3 is 0 Å². The third kappa shape index (κ3) is 3.99. The van der Waals surface area contributed by atoms with Crippen LogP contribution in [0.4, 0.5) is 18.9 Å². The highest BCUT2D eigenvalue weighted by Gasteiger charge is 2.29. The molecule has 0 fully saturated rings. The minimum absolute atomic E-state index is 0.563. The van der Waals surface area contributed by atoms with Crippen molar-refractivity contribution >= 4 is 23.5 Å². The minimum atomic E-state index is -4.32. The number of benzene rings is 2. The van der Waals surface area contributed by atoms with Crippen LogP contribution in [0.15, 0.2) is 53.6 Å². The molecule has 2 nitrogen and oxygen atoms in total. The Hall–Kier alpha value is -2.01. The van der Waals surface area contributed by atoms with E-state index in [9.17, 15) is 13.2 Å². The summed E-state index contributed by atoms with van der Waals surface area (Å²) >= 11 is 5.80. The zero-order chi connectivity index (χ0) is 14.6. The van der Waals surface area contributed by atoms with Crippen molar-refractivity contribution in [2.45, 2.75) is 6.18 Å². The SMILES string of the molecule is FC(F)(F)c1ccc(/C=N\Nc2cccc(Cl)c2)cc1. The normalized spacial score (nSPS) is 11.8. The average Bonchev–Trinajstić information content (AvgIpc) is 2.38. The van der Waals surface area contributed by atoms with Crippen molar-refractivity contribution in [2.24, 2.45) is 5.10 Å². The van der Waals surface area contributed by atoms with E-state index in [1.54, 1.807) is 24.3 Å². The summed E-state index contributed by atoms with van der Waals surface area (Å²) in [6, 6.07) is 11.7. The molecule has 6 heteroatoms. The molecule has 0 unspecified atom stereocenters. The summed E-state index contributed by atoms with van der Waals surface area (Å²) in [5, 5.41) is 4.50. The zero-order valence-electron chi connectivity index (χ0n) is 10.2. The molecule has 0 bridgehead atoms. The fourth-order valence-electron chi connectivity index (χ4n) is 1.50. The lowest BCUT2D eigenvalue weighted by molar-refractivity contribution is -0.137. The van der Waals surface area contributed by atoms with Crippen LogP contribution in [0.5, 0.6) is 0 Å². The number of anilines is 1. The Balaban J connectivity index is 2.01. The monoisotopic (exact) mass is 298 g/mol. The van der Waals surface area contributed by atoms with Gasteiger partial charge in [0.15, 0.2) is 0 Å². The highest BCUT2D eigenvalue weighted by Crippen LogP contribution is 2.28. The molecule has 20 heavy (non-hydrogen) atoms. The lowest BCUT2D eigenvalue weighted by atomic mass is 10.1. The van der Waals surface area contributed by atoms with Gasteiger partial charge in [-0.05, 0) is 35.9 Å². The van der Waals surface area contributed by atoms with E-state index in [1.807, 2.05) is 0 Å². The fourth-order valence-corrected chi connectivity index (χ4v) is 1.69. The summed E-state index contributed by atoms with van der Waals surface area (Å²) in [5.41, 5.74) is 3.32. The summed E-state index contributed by atoms with van der Waals surface area (Å²) in [6.07, 6.45) is -2.89. The molecule has 0 aliphatic heterocycles. The molecule has 0 amide bonds. The summed E-state index contributed by atoms with van der Waals surface area (Å²) in [6.45, 7) is 0. The molecule has 2 aromatic rings. The molecule has 0 heterocycles. The highest BCUT2D eigenvalue weighted by atomic mass is 35.5. The van der Waals surface area contributed by atoms with E-state index in [4.69, 9.17) is 11.6 Å². The van der Waals surface area contributed by atoms with Gasteiger partial charge in [-0.25, -0.2) is 0 Å². The number of hydrogen-bond donors (Lipinski definition) is 1. The Bertz CT molecular complexity index is 607. The zero-order valence-corrected chi connectivity index (χ0v) is 10.9. The molecule has 0 radical (unpaired) electrons. The Labute approximate surface area is 118 Å². The maximum absolute atomic E-state index is 12.4. The van der Waals surface area contributed by atoms with E-state index in [-0.39, 0.29) is 0 Å². The van der Waals surface area contributed by atoms with Gasteiger partial charge in [-0.3, -0.25) is 5.43 Å². The van der Waals surface area contributed by atoms with Crippen LogP contribution in [-0.4, -0.2) is 6.21 Å². The van der Waals surface area contributed by atoms with E-state index in [0.717, 1.165) is 12.1 Å². The molecule has 0 aliphatic carbocycles. The molecule has 0 aliphatic rings. The van der Waals surface area contributed by atoms with Gasteiger partial charge in [-0.2, -0.15) is 18.3 Å². The molecular formula is C14H10ClF3N2. The number of nitrogens with one attached hydrogen (secondary N) is 1. The average molecular weight is 299 g/mol. The summed E-state index contributed by atoms with van der Waals surface area (Å²) < 4.78 is 37.1. The first-order valence-electron chi connectivity index (χ1n) is 5.67. The number of nitrogens with zero attached hydrogens (tertiary/aromatic N) is 1. The van der Waals surface area contributed by atoms with Crippen molar-refractivity contribution in [2.75, 3.05) is 5.43 Å². The molecule has 2 aromatic carbocycles. The summed E-state index contributed by atoms with van der Waals surface area (Å²) in [5.74, 6) is 0. The first-order chi connectivity index (χ1) is 9.45. The van der Waals surface area contributed by atoms with Crippen LogP contribution in [0, 0.1) is 0 Å². The quantitative estimate of drug-likeness (QED) is 0.638. The second kappa shape index (κ2) is 5.96. The maximum atomic E-state index is 12.4. The summed E-state index contributed by atoms with van der Waals surface area (Å²) in [4.78, 5) is 0. The van der Waals surface area contributed by atoms with Crippen LogP contribution >= 0.6 is 11.6 Å². The molecule has 2 rings (SSSR count). The van der Waals surface area contributed by atoms with Gasteiger partial charge >= 0.3 is 6.18 Å². The van der Waals surface area contributed by atoms with E-state index in [0.29, 0.717) is 16.3 Å². The second-order valence-corrected chi connectivity index (χ2v) is 4.44. The largest absolute Gasteiger partial charge is 0.416 e. The van der Waals surface area contributed by atoms with E-state index in [1.165, 1.54) is 18.3 Å². The van der Waals surface area contributed by atoms with E-state index in [2.05, 4.69) is 10.5 Å². The Kier molecular flexibility index (Phi) is 4.29. The van der Waals surface area contributed by atoms with Gasteiger partial charge in [-0.15, -0.1) is 0 Å². The third-order valence-corrected chi connectivity index (χ3v) is 2.70. The van der Waals surface area contributed by atoms with Crippen LogP contribution in [0.3, 0.4) is 0 Å². The van der Waals surface area contributed by atoms with Crippen LogP contribution < -0.4 is 5.43 Å². The Morgan fingerprint density at radius 2 is 1.75 bits per heavy atom. The van der Waals surface area contributed by atoms with Crippen molar-refractivity contribution in [3.8, 4) is 0 Å². The topological polar surface area (TPSA) is 24.4 Å². The fraction of sp³-hybridized carbons (Fsp3) is 0.0714. The van der Waals surface area contributed by atoms with Gasteiger partial charge in [0, 0.05) is 5.02 Å². The Morgan fingerprint density at radius 1 is 1.05 bits per heavy atom.